The van der Waals surface area contributed by atoms with Gasteiger partial charge in [-0.05, 0) is 31.7 Å². The van der Waals surface area contributed by atoms with Crippen molar-refractivity contribution < 1.29 is 8.42 Å². The van der Waals surface area contributed by atoms with E-state index in [1.54, 1.807) is 19.3 Å². The fourth-order valence-electron chi connectivity index (χ4n) is 2.32. The Hall–Kier alpha value is -0.850. The first-order valence-corrected chi connectivity index (χ1v) is 8.40. The van der Waals surface area contributed by atoms with Crippen LogP contribution in [0.15, 0.2) is 17.2 Å². The Kier molecular flexibility index (Phi) is 3.41. The predicted octanol–water partition coefficient (Wildman–Crippen LogP) is 1.44. The van der Waals surface area contributed by atoms with Gasteiger partial charge in [0.15, 0.2) is 0 Å². The highest BCUT2D eigenvalue weighted by Crippen LogP contribution is 2.28. The van der Waals surface area contributed by atoms with Crippen LogP contribution < -0.4 is 5.32 Å². The van der Waals surface area contributed by atoms with Gasteiger partial charge in [0.25, 0.3) is 0 Å². The van der Waals surface area contributed by atoms with Crippen LogP contribution in [-0.4, -0.2) is 36.8 Å². The Labute approximate surface area is 114 Å². The summed E-state index contributed by atoms with van der Waals surface area (Å²) in [6.07, 6.45) is 7.17. The number of rotatable bonds is 6. The van der Waals surface area contributed by atoms with Gasteiger partial charge in [0.1, 0.15) is 0 Å². The molecule has 0 atom stereocenters. The second-order valence-electron chi connectivity index (χ2n) is 5.62. The fraction of sp³-hybridized carbons (Fsp3) is 0.692. The summed E-state index contributed by atoms with van der Waals surface area (Å²) >= 11 is 0. The maximum atomic E-state index is 12.4. The molecule has 19 heavy (non-hydrogen) atoms. The lowest BCUT2D eigenvalue weighted by Gasteiger charge is -2.33. The van der Waals surface area contributed by atoms with E-state index in [1.807, 2.05) is 0 Å². The van der Waals surface area contributed by atoms with Crippen molar-refractivity contribution in [3.8, 4) is 0 Å². The van der Waals surface area contributed by atoms with Crippen LogP contribution in [0.4, 0.5) is 0 Å². The third kappa shape index (κ3) is 2.70. The molecule has 3 rings (SSSR count). The molecule has 0 bridgehead atoms. The van der Waals surface area contributed by atoms with Crippen molar-refractivity contribution in [1.29, 1.82) is 0 Å². The predicted molar refractivity (Wildman–Crippen MR) is 73.2 cm³/mol. The van der Waals surface area contributed by atoms with Crippen LogP contribution in [-0.2, 0) is 16.6 Å². The minimum Gasteiger partial charge on any atom is -0.363 e. The first-order chi connectivity index (χ1) is 9.07. The van der Waals surface area contributed by atoms with E-state index in [4.69, 9.17) is 0 Å². The number of hydrogen-bond acceptors (Lipinski definition) is 3. The monoisotopic (exact) mass is 283 g/mol. The third-order valence-electron chi connectivity index (χ3n) is 4.14. The topological polar surface area (TPSA) is 65.2 Å². The minimum atomic E-state index is -3.33. The highest BCUT2D eigenvalue weighted by Gasteiger charge is 2.32. The third-order valence-corrected chi connectivity index (χ3v) is 6.03. The standard InChI is InChI=1S/C13H21N3O2S/c1-16(12-3-2-4-12)19(17,18)13-7-11(15-9-13)8-14-10-5-6-10/h7,9-10,12,14-15H,2-6,8H2,1H3. The zero-order valence-corrected chi connectivity index (χ0v) is 12.0. The lowest BCUT2D eigenvalue weighted by molar-refractivity contribution is 0.249. The number of sulfonamides is 1. The average Bonchev–Trinajstić information content (AvgIpc) is 3.01. The summed E-state index contributed by atoms with van der Waals surface area (Å²) in [7, 11) is -1.64. The summed E-state index contributed by atoms with van der Waals surface area (Å²) in [6.45, 7) is 0.716. The van der Waals surface area contributed by atoms with Crippen molar-refractivity contribution in [3.05, 3.63) is 18.0 Å². The molecule has 1 aromatic rings. The highest BCUT2D eigenvalue weighted by molar-refractivity contribution is 7.89. The molecule has 2 N–H and O–H groups in total. The lowest BCUT2D eigenvalue weighted by Crippen LogP contribution is -2.41. The molecular formula is C13H21N3O2S. The molecule has 1 heterocycles. The quantitative estimate of drug-likeness (QED) is 0.830. The summed E-state index contributed by atoms with van der Waals surface area (Å²) in [4.78, 5) is 3.44. The molecule has 0 unspecified atom stereocenters. The molecule has 106 valence electrons. The molecule has 0 saturated heterocycles. The van der Waals surface area contributed by atoms with E-state index in [-0.39, 0.29) is 6.04 Å². The van der Waals surface area contributed by atoms with Crippen LogP contribution in [0.25, 0.3) is 0 Å². The van der Waals surface area contributed by atoms with Crippen molar-refractivity contribution in [2.24, 2.45) is 0 Å². The second-order valence-corrected chi connectivity index (χ2v) is 7.62. The molecular weight excluding hydrogens is 262 g/mol. The van der Waals surface area contributed by atoms with E-state index < -0.39 is 10.0 Å². The largest absolute Gasteiger partial charge is 0.363 e. The smallest absolute Gasteiger partial charge is 0.244 e. The first kappa shape index (κ1) is 13.1. The van der Waals surface area contributed by atoms with Crippen LogP contribution >= 0.6 is 0 Å². The Bertz CT molecular complexity index is 544. The molecule has 0 amide bonds. The van der Waals surface area contributed by atoms with Gasteiger partial charge in [-0.15, -0.1) is 0 Å². The first-order valence-electron chi connectivity index (χ1n) is 6.96. The van der Waals surface area contributed by atoms with E-state index in [2.05, 4.69) is 10.3 Å². The maximum absolute atomic E-state index is 12.4. The number of aromatic nitrogens is 1. The Morgan fingerprint density at radius 3 is 2.68 bits per heavy atom. The zero-order valence-electron chi connectivity index (χ0n) is 11.2. The van der Waals surface area contributed by atoms with Crippen LogP contribution in [0.5, 0.6) is 0 Å². The van der Waals surface area contributed by atoms with Gasteiger partial charge in [-0.25, -0.2) is 8.42 Å². The highest BCUT2D eigenvalue weighted by atomic mass is 32.2. The summed E-state index contributed by atoms with van der Waals surface area (Å²) in [6, 6.07) is 2.56. The Morgan fingerprint density at radius 1 is 1.37 bits per heavy atom. The Balaban J connectivity index is 1.69. The van der Waals surface area contributed by atoms with Gasteiger partial charge in [0.2, 0.25) is 10.0 Å². The normalized spacial score (nSPS) is 20.7. The minimum absolute atomic E-state index is 0.188. The van der Waals surface area contributed by atoms with E-state index in [0.29, 0.717) is 17.5 Å². The SMILES string of the molecule is CN(C1CCC1)S(=O)(=O)c1c[nH]c(CNC2CC2)c1. The number of hydrogen-bond donors (Lipinski definition) is 2. The van der Waals surface area contributed by atoms with Gasteiger partial charge in [0.05, 0.1) is 4.90 Å². The van der Waals surface area contributed by atoms with Gasteiger partial charge in [0, 0.05) is 37.6 Å². The summed E-state index contributed by atoms with van der Waals surface area (Å²) in [5, 5.41) is 3.37. The van der Waals surface area contributed by atoms with Gasteiger partial charge < -0.3 is 10.3 Å². The number of nitrogens with one attached hydrogen (secondary N) is 2. The molecule has 0 aromatic carbocycles. The van der Waals surface area contributed by atoms with E-state index >= 15 is 0 Å². The second kappa shape index (κ2) is 4.92. The van der Waals surface area contributed by atoms with Crippen molar-refractivity contribution in [3.63, 3.8) is 0 Å². The van der Waals surface area contributed by atoms with Crippen molar-refractivity contribution >= 4 is 10.0 Å². The summed E-state index contributed by atoms with van der Waals surface area (Å²) in [5.74, 6) is 0. The molecule has 0 radical (unpaired) electrons. The van der Waals surface area contributed by atoms with Gasteiger partial charge in [-0.3, -0.25) is 0 Å². The lowest BCUT2D eigenvalue weighted by atomic mass is 9.94. The maximum Gasteiger partial charge on any atom is 0.244 e. The molecule has 0 aliphatic heterocycles. The zero-order chi connectivity index (χ0) is 13.5. The van der Waals surface area contributed by atoms with Crippen molar-refractivity contribution in [1.82, 2.24) is 14.6 Å². The van der Waals surface area contributed by atoms with Crippen LogP contribution in [0.3, 0.4) is 0 Å². The van der Waals surface area contributed by atoms with Crippen molar-refractivity contribution in [2.75, 3.05) is 7.05 Å². The van der Waals surface area contributed by atoms with Gasteiger partial charge >= 0.3 is 0 Å². The summed E-state index contributed by atoms with van der Waals surface area (Å²) < 4.78 is 26.4. The van der Waals surface area contributed by atoms with Crippen molar-refractivity contribution in [2.45, 2.75) is 55.6 Å². The molecule has 2 aliphatic rings. The molecule has 2 saturated carbocycles. The number of H-pyrrole nitrogens is 1. The molecule has 6 heteroatoms. The molecule has 0 spiro atoms. The van der Waals surface area contributed by atoms with E-state index in [0.717, 1.165) is 25.0 Å². The van der Waals surface area contributed by atoms with Crippen LogP contribution in [0.2, 0.25) is 0 Å². The summed E-state index contributed by atoms with van der Waals surface area (Å²) in [5.41, 5.74) is 0.937. The Morgan fingerprint density at radius 2 is 2.11 bits per heavy atom. The number of nitrogens with zero attached hydrogens (tertiary/aromatic N) is 1. The average molecular weight is 283 g/mol. The molecule has 5 nitrogen and oxygen atoms in total. The number of aromatic amines is 1. The van der Waals surface area contributed by atoms with Crippen LogP contribution in [0.1, 0.15) is 37.8 Å². The molecule has 1 aromatic heterocycles. The van der Waals surface area contributed by atoms with E-state index in [9.17, 15) is 8.42 Å². The van der Waals surface area contributed by atoms with E-state index in [1.165, 1.54) is 17.1 Å². The van der Waals surface area contributed by atoms with Crippen LogP contribution in [0, 0.1) is 0 Å². The molecule has 2 fully saturated rings. The van der Waals surface area contributed by atoms with Gasteiger partial charge in [-0.1, -0.05) is 6.42 Å². The van der Waals surface area contributed by atoms with Gasteiger partial charge in [-0.2, -0.15) is 4.31 Å². The molecule has 2 aliphatic carbocycles. The fourth-order valence-corrected chi connectivity index (χ4v) is 3.76.